The molecule has 0 saturated carbocycles. The zero-order chi connectivity index (χ0) is 14.7. The van der Waals surface area contributed by atoms with Crippen molar-refractivity contribution in [3.8, 4) is 16.6 Å². The number of rotatable bonds is 4. The second-order valence-corrected chi connectivity index (χ2v) is 4.91. The van der Waals surface area contributed by atoms with E-state index in [0.29, 0.717) is 11.4 Å². The van der Waals surface area contributed by atoms with Crippen LogP contribution in [0.3, 0.4) is 0 Å². The summed E-state index contributed by atoms with van der Waals surface area (Å²) in [6.07, 6.45) is 2.90. The molecule has 7 nitrogen and oxygen atoms in total. The molecule has 3 aromatic rings. The molecule has 0 fully saturated rings. The number of nitrogens with zero attached hydrogens (tertiary/aromatic N) is 3. The summed E-state index contributed by atoms with van der Waals surface area (Å²) >= 11 is 1.51. The van der Waals surface area contributed by atoms with E-state index < -0.39 is 5.91 Å². The molecule has 0 aliphatic carbocycles. The van der Waals surface area contributed by atoms with Crippen molar-refractivity contribution in [1.29, 1.82) is 0 Å². The van der Waals surface area contributed by atoms with E-state index in [4.69, 9.17) is 9.26 Å². The second-order valence-electron chi connectivity index (χ2n) is 3.97. The Bertz CT molecular complexity index is 737. The van der Waals surface area contributed by atoms with Gasteiger partial charge in [-0.25, -0.2) is 9.97 Å². The van der Waals surface area contributed by atoms with Crippen molar-refractivity contribution in [3.63, 3.8) is 0 Å². The summed E-state index contributed by atoms with van der Waals surface area (Å²) in [5.74, 6) is 0.163. The summed E-state index contributed by atoms with van der Waals surface area (Å²) in [7, 11) is 1.47. The highest BCUT2D eigenvalue weighted by atomic mass is 32.1. The fourth-order valence-corrected chi connectivity index (χ4v) is 2.27. The molecule has 0 radical (unpaired) electrons. The minimum Gasteiger partial charge on any atom is -0.467 e. The first-order valence-electron chi connectivity index (χ1n) is 5.94. The molecule has 0 unspecified atom stereocenters. The Kier molecular flexibility index (Phi) is 3.61. The lowest BCUT2D eigenvalue weighted by Gasteiger charge is -2.02. The van der Waals surface area contributed by atoms with E-state index in [1.807, 2.05) is 17.5 Å². The van der Waals surface area contributed by atoms with Crippen LogP contribution in [-0.4, -0.2) is 28.1 Å². The predicted octanol–water partition coefficient (Wildman–Crippen LogP) is 2.45. The van der Waals surface area contributed by atoms with E-state index in [0.717, 1.165) is 4.88 Å². The van der Waals surface area contributed by atoms with Crippen molar-refractivity contribution in [3.05, 3.63) is 41.7 Å². The van der Waals surface area contributed by atoms with Gasteiger partial charge in [-0.1, -0.05) is 11.2 Å². The summed E-state index contributed by atoms with van der Waals surface area (Å²) < 4.78 is 10.00. The summed E-state index contributed by atoms with van der Waals surface area (Å²) in [5, 5.41) is 8.31. The molecule has 1 N–H and O–H groups in total. The Morgan fingerprint density at radius 2 is 2.19 bits per heavy atom. The van der Waals surface area contributed by atoms with Crippen LogP contribution in [0.2, 0.25) is 0 Å². The Labute approximate surface area is 123 Å². The van der Waals surface area contributed by atoms with E-state index in [2.05, 4.69) is 20.4 Å². The van der Waals surface area contributed by atoms with Crippen molar-refractivity contribution in [2.24, 2.45) is 0 Å². The number of aromatic nitrogens is 3. The SMILES string of the molecule is COc1ncc(NC(=O)c2cc(-c3cccs3)on2)cn1. The standard InChI is InChI=1S/C13H10N4O3S/c1-19-13-14-6-8(7-15-13)16-12(18)9-5-10(20-17-9)11-3-2-4-21-11/h2-7H,1H3,(H,16,18). The average molecular weight is 302 g/mol. The molecule has 1 amide bonds. The maximum atomic E-state index is 12.0. The fraction of sp³-hybridized carbons (Fsp3) is 0.0769. The third-order valence-corrected chi connectivity index (χ3v) is 3.46. The molecule has 3 rings (SSSR count). The van der Waals surface area contributed by atoms with Gasteiger partial charge in [0.15, 0.2) is 11.5 Å². The molecule has 3 heterocycles. The number of anilines is 1. The molecule has 3 aromatic heterocycles. The number of carbonyl (C=O) groups is 1. The first-order chi connectivity index (χ1) is 10.3. The lowest BCUT2D eigenvalue weighted by Crippen LogP contribution is -2.12. The molecule has 0 aliphatic heterocycles. The number of hydrogen-bond donors (Lipinski definition) is 1. The number of methoxy groups -OCH3 is 1. The third kappa shape index (κ3) is 2.90. The highest BCUT2D eigenvalue weighted by Crippen LogP contribution is 2.25. The zero-order valence-corrected chi connectivity index (χ0v) is 11.8. The quantitative estimate of drug-likeness (QED) is 0.796. The summed E-state index contributed by atoms with van der Waals surface area (Å²) in [5.41, 5.74) is 0.635. The molecule has 8 heteroatoms. The first-order valence-corrected chi connectivity index (χ1v) is 6.82. The van der Waals surface area contributed by atoms with Gasteiger partial charge >= 0.3 is 6.01 Å². The largest absolute Gasteiger partial charge is 0.467 e. The van der Waals surface area contributed by atoms with E-state index in [1.165, 1.54) is 30.8 Å². The number of carbonyl (C=O) groups excluding carboxylic acids is 1. The molecular formula is C13H10N4O3S. The molecule has 0 bridgehead atoms. The molecule has 106 valence electrons. The van der Waals surface area contributed by atoms with Crippen LogP contribution in [0, 0.1) is 0 Å². The Balaban J connectivity index is 1.73. The topological polar surface area (TPSA) is 90.1 Å². The van der Waals surface area contributed by atoms with Gasteiger partial charge in [0.2, 0.25) is 0 Å². The lowest BCUT2D eigenvalue weighted by atomic mass is 10.3. The molecule has 0 aromatic carbocycles. The van der Waals surface area contributed by atoms with Gasteiger partial charge in [0.1, 0.15) is 0 Å². The van der Waals surface area contributed by atoms with E-state index >= 15 is 0 Å². The maximum absolute atomic E-state index is 12.0. The summed E-state index contributed by atoms with van der Waals surface area (Å²) in [6, 6.07) is 5.61. The van der Waals surface area contributed by atoms with Gasteiger partial charge in [-0.3, -0.25) is 4.79 Å². The molecule has 0 atom stereocenters. The van der Waals surface area contributed by atoms with E-state index in [-0.39, 0.29) is 11.7 Å². The van der Waals surface area contributed by atoms with Crippen LogP contribution >= 0.6 is 11.3 Å². The number of amides is 1. The van der Waals surface area contributed by atoms with Crippen LogP contribution in [0.15, 0.2) is 40.5 Å². The van der Waals surface area contributed by atoms with Crippen LogP contribution in [0.25, 0.3) is 10.6 Å². The smallest absolute Gasteiger partial charge is 0.316 e. The summed E-state index contributed by atoms with van der Waals surface area (Å²) in [4.78, 5) is 20.7. The average Bonchev–Trinajstić information content (AvgIpc) is 3.19. The molecule has 0 saturated heterocycles. The van der Waals surface area contributed by atoms with Gasteiger partial charge in [0.05, 0.1) is 30.1 Å². The van der Waals surface area contributed by atoms with E-state index in [1.54, 1.807) is 6.07 Å². The van der Waals surface area contributed by atoms with Crippen LogP contribution in [-0.2, 0) is 0 Å². The summed E-state index contributed by atoms with van der Waals surface area (Å²) in [6.45, 7) is 0. The zero-order valence-electron chi connectivity index (χ0n) is 10.9. The molecule has 0 spiro atoms. The third-order valence-electron chi connectivity index (χ3n) is 2.58. The van der Waals surface area contributed by atoms with Gasteiger partial charge in [0, 0.05) is 6.07 Å². The van der Waals surface area contributed by atoms with Crippen LogP contribution < -0.4 is 10.1 Å². The fourth-order valence-electron chi connectivity index (χ4n) is 1.60. The Morgan fingerprint density at radius 1 is 1.38 bits per heavy atom. The highest BCUT2D eigenvalue weighted by Gasteiger charge is 2.14. The lowest BCUT2D eigenvalue weighted by molar-refractivity contribution is 0.101. The van der Waals surface area contributed by atoms with Crippen molar-refractivity contribution in [2.75, 3.05) is 12.4 Å². The highest BCUT2D eigenvalue weighted by molar-refractivity contribution is 7.13. The minimum atomic E-state index is -0.393. The van der Waals surface area contributed by atoms with Crippen molar-refractivity contribution >= 4 is 22.9 Å². The molecular weight excluding hydrogens is 292 g/mol. The molecule has 0 aliphatic rings. The number of ether oxygens (including phenoxy) is 1. The molecule has 21 heavy (non-hydrogen) atoms. The first kappa shape index (κ1) is 13.3. The Morgan fingerprint density at radius 3 is 2.86 bits per heavy atom. The monoisotopic (exact) mass is 302 g/mol. The number of nitrogens with one attached hydrogen (secondary N) is 1. The van der Waals surface area contributed by atoms with Gasteiger partial charge in [0.25, 0.3) is 5.91 Å². The van der Waals surface area contributed by atoms with Crippen LogP contribution in [0.1, 0.15) is 10.5 Å². The van der Waals surface area contributed by atoms with Crippen LogP contribution in [0.5, 0.6) is 6.01 Å². The number of hydrogen-bond acceptors (Lipinski definition) is 7. The second kappa shape index (κ2) is 5.71. The maximum Gasteiger partial charge on any atom is 0.316 e. The normalized spacial score (nSPS) is 10.3. The van der Waals surface area contributed by atoms with Gasteiger partial charge < -0.3 is 14.6 Å². The van der Waals surface area contributed by atoms with E-state index in [9.17, 15) is 4.79 Å². The van der Waals surface area contributed by atoms with Crippen molar-refractivity contribution in [2.45, 2.75) is 0 Å². The van der Waals surface area contributed by atoms with Crippen molar-refractivity contribution in [1.82, 2.24) is 15.1 Å². The minimum absolute atomic E-state index is 0.189. The Hall–Kier alpha value is -2.74. The van der Waals surface area contributed by atoms with Gasteiger partial charge in [-0.2, -0.15) is 0 Å². The van der Waals surface area contributed by atoms with Gasteiger partial charge in [-0.05, 0) is 11.4 Å². The van der Waals surface area contributed by atoms with Gasteiger partial charge in [-0.15, -0.1) is 11.3 Å². The van der Waals surface area contributed by atoms with Crippen LogP contribution in [0.4, 0.5) is 5.69 Å². The van der Waals surface area contributed by atoms with Crippen molar-refractivity contribution < 1.29 is 14.1 Å². The number of thiophene rings is 1. The predicted molar refractivity (Wildman–Crippen MR) is 76.4 cm³/mol.